The van der Waals surface area contributed by atoms with E-state index in [0.717, 1.165) is 22.5 Å². The van der Waals surface area contributed by atoms with Crippen molar-refractivity contribution in [2.24, 2.45) is 0 Å². The maximum Gasteiger partial charge on any atom is 0.139 e. The number of aryl methyl sites for hydroxylation is 2. The lowest BCUT2D eigenvalue weighted by atomic mass is 10.1. The van der Waals surface area contributed by atoms with Crippen molar-refractivity contribution in [1.29, 1.82) is 0 Å². The van der Waals surface area contributed by atoms with Gasteiger partial charge in [-0.05, 0) is 37.6 Å². The lowest BCUT2D eigenvalue weighted by Gasteiger charge is -2.05. The van der Waals surface area contributed by atoms with Crippen LogP contribution in [0.5, 0.6) is 0 Å². The minimum atomic E-state index is 0.471. The number of benzene rings is 1. The smallest absolute Gasteiger partial charge is 0.139 e. The van der Waals surface area contributed by atoms with Gasteiger partial charge < -0.3 is 5.73 Å². The number of fused-ring (bicyclic) bond motifs is 1. The second-order valence-electron chi connectivity index (χ2n) is 4.81. The Morgan fingerprint density at radius 3 is 2.65 bits per heavy atom. The molecule has 0 saturated heterocycles. The molecule has 0 spiro atoms. The lowest BCUT2D eigenvalue weighted by molar-refractivity contribution is 1.09. The van der Waals surface area contributed by atoms with Crippen LogP contribution in [0.15, 0.2) is 30.3 Å². The number of nitrogens with two attached hydrogens (primary N) is 1. The molecule has 5 heteroatoms. The van der Waals surface area contributed by atoms with E-state index in [4.69, 9.17) is 28.9 Å². The van der Waals surface area contributed by atoms with E-state index in [1.807, 2.05) is 36.4 Å². The minimum Gasteiger partial charge on any atom is -0.383 e. The van der Waals surface area contributed by atoms with Gasteiger partial charge in [-0.15, -0.1) is 0 Å². The molecule has 3 rings (SSSR count). The highest BCUT2D eigenvalue weighted by molar-refractivity contribution is 6.43. The minimum absolute atomic E-state index is 0.471. The number of hydrogen-bond donors (Lipinski definition) is 1. The Balaban J connectivity index is 2.35. The topological polar surface area (TPSA) is 43.3 Å². The summed E-state index contributed by atoms with van der Waals surface area (Å²) < 4.78 is 1.92. The molecule has 3 aromatic rings. The van der Waals surface area contributed by atoms with Gasteiger partial charge in [-0.3, -0.25) is 4.40 Å². The Morgan fingerprint density at radius 1 is 1.15 bits per heavy atom. The molecule has 2 heterocycles. The molecule has 2 N–H and O–H groups in total. The first-order chi connectivity index (χ1) is 9.49. The number of hydrogen-bond acceptors (Lipinski definition) is 2. The first-order valence-corrected chi connectivity index (χ1v) is 6.94. The fraction of sp³-hybridized carbons (Fsp3) is 0.133. The highest BCUT2D eigenvalue weighted by atomic mass is 35.5. The van der Waals surface area contributed by atoms with E-state index >= 15 is 0 Å². The van der Waals surface area contributed by atoms with Crippen molar-refractivity contribution in [2.45, 2.75) is 13.8 Å². The molecule has 0 aliphatic rings. The number of pyridine rings is 1. The summed E-state index contributed by atoms with van der Waals surface area (Å²) in [6.07, 6.45) is 0. The van der Waals surface area contributed by atoms with Gasteiger partial charge in [-0.1, -0.05) is 35.3 Å². The third-order valence-electron chi connectivity index (χ3n) is 3.29. The van der Waals surface area contributed by atoms with Crippen LogP contribution < -0.4 is 5.73 Å². The molecule has 0 amide bonds. The molecule has 102 valence electrons. The Morgan fingerprint density at radius 2 is 1.90 bits per heavy atom. The molecule has 20 heavy (non-hydrogen) atoms. The van der Waals surface area contributed by atoms with Crippen LogP contribution >= 0.6 is 23.2 Å². The number of nitrogen functional groups attached to an aromatic ring is 1. The molecule has 0 bridgehead atoms. The van der Waals surface area contributed by atoms with Gasteiger partial charge in [0.25, 0.3) is 0 Å². The molecule has 0 aliphatic heterocycles. The van der Waals surface area contributed by atoms with Gasteiger partial charge >= 0.3 is 0 Å². The summed E-state index contributed by atoms with van der Waals surface area (Å²) in [5.41, 5.74) is 10.6. The van der Waals surface area contributed by atoms with Gasteiger partial charge in [-0.25, -0.2) is 4.98 Å². The second kappa shape index (κ2) is 4.69. The van der Waals surface area contributed by atoms with Crippen LogP contribution in [0, 0.1) is 13.8 Å². The molecule has 0 aliphatic carbocycles. The molecule has 2 aromatic heterocycles. The number of rotatable bonds is 1. The molecule has 0 fully saturated rings. The summed E-state index contributed by atoms with van der Waals surface area (Å²) in [4.78, 5) is 4.60. The lowest BCUT2D eigenvalue weighted by Crippen LogP contribution is -1.98. The first kappa shape index (κ1) is 13.3. The summed E-state index contributed by atoms with van der Waals surface area (Å²) >= 11 is 12.3. The van der Waals surface area contributed by atoms with Gasteiger partial charge in [0.05, 0.1) is 10.0 Å². The summed E-state index contributed by atoms with van der Waals surface area (Å²) in [5, 5.41) is 0.965. The Hall–Kier alpha value is -1.71. The maximum absolute atomic E-state index is 6.26. The number of nitrogens with zero attached hydrogens (tertiary/aromatic N) is 2. The van der Waals surface area contributed by atoms with E-state index in [9.17, 15) is 0 Å². The van der Waals surface area contributed by atoms with Crippen LogP contribution in [0.1, 0.15) is 11.3 Å². The van der Waals surface area contributed by atoms with Crippen molar-refractivity contribution in [3.8, 4) is 11.3 Å². The predicted octanol–water partition coefficient (Wildman–Crippen LogP) is 4.51. The van der Waals surface area contributed by atoms with Crippen LogP contribution in [0.4, 0.5) is 5.82 Å². The van der Waals surface area contributed by atoms with Crippen molar-refractivity contribution in [3.05, 3.63) is 51.6 Å². The van der Waals surface area contributed by atoms with Crippen LogP contribution in [-0.2, 0) is 0 Å². The average molecular weight is 306 g/mol. The maximum atomic E-state index is 6.26. The largest absolute Gasteiger partial charge is 0.383 e. The van der Waals surface area contributed by atoms with Crippen molar-refractivity contribution >= 4 is 34.7 Å². The summed E-state index contributed by atoms with van der Waals surface area (Å²) in [6, 6.07) is 9.51. The van der Waals surface area contributed by atoms with Gasteiger partial charge in [-0.2, -0.15) is 0 Å². The van der Waals surface area contributed by atoms with Crippen LogP contribution in [0.3, 0.4) is 0 Å². The van der Waals surface area contributed by atoms with Gasteiger partial charge in [0.15, 0.2) is 0 Å². The van der Waals surface area contributed by atoms with Gasteiger partial charge in [0.2, 0.25) is 0 Å². The molecule has 0 atom stereocenters. The average Bonchev–Trinajstić information content (AvgIpc) is 2.70. The number of aromatic nitrogens is 2. The SMILES string of the molecule is Cc1cc(C)n2c(N)c(-c3cccc(Cl)c3Cl)nc2c1. The normalized spacial score (nSPS) is 11.2. The summed E-state index contributed by atoms with van der Waals surface area (Å²) in [5.74, 6) is 0.571. The van der Waals surface area contributed by atoms with Crippen LogP contribution in [0.25, 0.3) is 16.9 Å². The fourth-order valence-corrected chi connectivity index (χ4v) is 2.83. The predicted molar refractivity (Wildman–Crippen MR) is 84.5 cm³/mol. The Kier molecular flexibility index (Phi) is 3.11. The third-order valence-corrected chi connectivity index (χ3v) is 4.11. The second-order valence-corrected chi connectivity index (χ2v) is 5.60. The molecule has 0 saturated carbocycles. The van der Waals surface area contributed by atoms with Crippen LogP contribution in [0.2, 0.25) is 10.0 Å². The van der Waals surface area contributed by atoms with E-state index in [1.54, 1.807) is 6.07 Å². The molecular weight excluding hydrogens is 293 g/mol. The fourth-order valence-electron chi connectivity index (χ4n) is 2.44. The standard InChI is InChI=1S/C15H13Cl2N3/c1-8-6-9(2)20-12(7-8)19-14(15(20)18)10-4-3-5-11(16)13(10)17/h3-7H,18H2,1-2H3. The van der Waals surface area contributed by atoms with Crippen molar-refractivity contribution < 1.29 is 0 Å². The number of imidazole rings is 1. The summed E-state index contributed by atoms with van der Waals surface area (Å²) in [6.45, 7) is 4.03. The zero-order valence-electron chi connectivity index (χ0n) is 11.1. The zero-order chi connectivity index (χ0) is 14.4. The monoisotopic (exact) mass is 305 g/mol. The van der Waals surface area contributed by atoms with Gasteiger partial charge in [0, 0.05) is 11.3 Å². The van der Waals surface area contributed by atoms with E-state index in [0.29, 0.717) is 21.6 Å². The Bertz CT molecular complexity index is 822. The first-order valence-electron chi connectivity index (χ1n) is 6.18. The van der Waals surface area contributed by atoms with Crippen molar-refractivity contribution in [2.75, 3.05) is 5.73 Å². The number of halogens is 2. The highest BCUT2D eigenvalue weighted by Gasteiger charge is 2.16. The molecule has 3 nitrogen and oxygen atoms in total. The van der Waals surface area contributed by atoms with Crippen LogP contribution in [-0.4, -0.2) is 9.38 Å². The quantitative estimate of drug-likeness (QED) is 0.719. The highest BCUT2D eigenvalue weighted by Crippen LogP contribution is 2.36. The Labute approximate surface area is 127 Å². The van der Waals surface area contributed by atoms with E-state index in [-0.39, 0.29) is 0 Å². The molecule has 1 aromatic carbocycles. The van der Waals surface area contributed by atoms with Crippen molar-refractivity contribution in [1.82, 2.24) is 9.38 Å². The zero-order valence-corrected chi connectivity index (χ0v) is 12.6. The number of anilines is 1. The molecule has 0 radical (unpaired) electrons. The summed E-state index contributed by atoms with van der Waals surface area (Å²) in [7, 11) is 0. The third kappa shape index (κ3) is 1.94. The van der Waals surface area contributed by atoms with E-state index < -0.39 is 0 Å². The van der Waals surface area contributed by atoms with E-state index in [2.05, 4.69) is 11.1 Å². The van der Waals surface area contributed by atoms with Crippen molar-refractivity contribution in [3.63, 3.8) is 0 Å². The van der Waals surface area contributed by atoms with E-state index in [1.165, 1.54) is 0 Å². The molecule has 0 unspecified atom stereocenters. The van der Waals surface area contributed by atoms with Gasteiger partial charge in [0.1, 0.15) is 17.2 Å². The molecular formula is C15H13Cl2N3.